The second kappa shape index (κ2) is 11.2. The number of aryl methyl sites for hydroxylation is 2. The summed E-state index contributed by atoms with van der Waals surface area (Å²) in [4.78, 5) is 20.2. The third kappa shape index (κ3) is 5.50. The van der Waals surface area contributed by atoms with E-state index in [1.807, 2.05) is 13.8 Å². The lowest BCUT2D eigenvalue weighted by Gasteiger charge is -2.13. The summed E-state index contributed by atoms with van der Waals surface area (Å²) in [5, 5.41) is 14.4. The van der Waals surface area contributed by atoms with E-state index in [1.165, 1.54) is 29.8 Å². The number of aromatic nitrogens is 4. The molecule has 0 aliphatic heterocycles. The molecule has 0 bridgehead atoms. The summed E-state index contributed by atoms with van der Waals surface area (Å²) in [7, 11) is -2.46. The van der Waals surface area contributed by atoms with Gasteiger partial charge in [0.2, 0.25) is 10.0 Å². The maximum atomic E-state index is 13.2. The van der Waals surface area contributed by atoms with Gasteiger partial charge in [0.25, 0.3) is 5.56 Å². The Morgan fingerprint density at radius 1 is 1.11 bits per heavy atom. The van der Waals surface area contributed by atoms with E-state index in [-0.39, 0.29) is 28.6 Å². The molecule has 0 aliphatic carbocycles. The van der Waals surface area contributed by atoms with Crippen molar-refractivity contribution in [3.63, 3.8) is 0 Å². The van der Waals surface area contributed by atoms with Crippen LogP contribution in [0.15, 0.2) is 46.1 Å². The molecule has 0 aliphatic rings. The maximum absolute atomic E-state index is 13.2. The molecular formula is C26H31N5O6S. The number of aromatic amines is 1. The molecule has 3 N–H and O–H groups in total. The van der Waals surface area contributed by atoms with E-state index in [0.29, 0.717) is 53.5 Å². The Kier molecular flexibility index (Phi) is 8.02. The van der Waals surface area contributed by atoms with Gasteiger partial charge in [0.1, 0.15) is 11.6 Å². The standard InChI is InChI=1S/C26H31N5O6S/c1-5-7-23-28-16(3)24-26(33)29-25(30-31(23)24)19-15-18(9-11-21(19)37-6-2)38(34,35)27-13-12-17-8-10-20(32)22(14-17)36-4/h8-11,14-15,27,32H,5-7,12-13H2,1-4H3,(H,29,30,33). The molecule has 0 amide bonds. The molecule has 0 spiro atoms. The molecule has 2 aromatic carbocycles. The Labute approximate surface area is 220 Å². The van der Waals surface area contributed by atoms with E-state index in [4.69, 9.17) is 9.47 Å². The minimum Gasteiger partial charge on any atom is -0.504 e. The van der Waals surface area contributed by atoms with E-state index in [0.717, 1.165) is 12.0 Å². The first kappa shape index (κ1) is 27.1. The second-order valence-corrected chi connectivity index (χ2v) is 10.4. The molecule has 0 saturated carbocycles. The number of H-pyrrole nitrogens is 1. The predicted molar refractivity (Wildman–Crippen MR) is 142 cm³/mol. The Hall–Kier alpha value is -3.90. The summed E-state index contributed by atoms with van der Waals surface area (Å²) >= 11 is 0. The quantitative estimate of drug-likeness (QED) is 0.263. The molecule has 2 aromatic heterocycles. The van der Waals surface area contributed by atoms with Gasteiger partial charge >= 0.3 is 0 Å². The van der Waals surface area contributed by atoms with Gasteiger partial charge in [0.15, 0.2) is 22.8 Å². The van der Waals surface area contributed by atoms with Crippen LogP contribution in [0, 0.1) is 6.92 Å². The molecule has 38 heavy (non-hydrogen) atoms. The zero-order chi connectivity index (χ0) is 27.4. The molecule has 2 heterocycles. The summed E-state index contributed by atoms with van der Waals surface area (Å²) in [5.74, 6) is 1.54. The van der Waals surface area contributed by atoms with Gasteiger partial charge in [0, 0.05) is 13.0 Å². The molecule has 12 heteroatoms. The molecular weight excluding hydrogens is 510 g/mol. The van der Waals surface area contributed by atoms with Gasteiger partial charge in [0.05, 0.1) is 29.9 Å². The number of phenolic OH excluding ortho intramolecular Hbond substituents is 1. The van der Waals surface area contributed by atoms with Crippen molar-refractivity contribution in [1.82, 2.24) is 24.3 Å². The van der Waals surface area contributed by atoms with E-state index in [2.05, 4.69) is 19.8 Å². The van der Waals surface area contributed by atoms with Gasteiger partial charge in [-0.25, -0.2) is 22.6 Å². The van der Waals surface area contributed by atoms with Gasteiger partial charge in [-0.15, -0.1) is 5.10 Å². The smallest absolute Gasteiger partial charge is 0.277 e. The summed E-state index contributed by atoms with van der Waals surface area (Å²) in [5.41, 5.74) is 1.69. The van der Waals surface area contributed by atoms with Crippen molar-refractivity contribution in [3.05, 3.63) is 63.8 Å². The summed E-state index contributed by atoms with van der Waals surface area (Å²) < 4.78 is 41.3. The van der Waals surface area contributed by atoms with Crippen molar-refractivity contribution < 1.29 is 23.0 Å². The lowest BCUT2D eigenvalue weighted by molar-refractivity contribution is 0.341. The average Bonchev–Trinajstić information content (AvgIpc) is 3.20. The highest BCUT2D eigenvalue weighted by molar-refractivity contribution is 7.89. The highest BCUT2D eigenvalue weighted by Gasteiger charge is 2.21. The van der Waals surface area contributed by atoms with Crippen molar-refractivity contribution in [2.75, 3.05) is 20.3 Å². The minimum absolute atomic E-state index is 0.00224. The molecule has 4 aromatic rings. The SMILES string of the molecule is CCCc1nc(C)c2c(=O)[nH]c(-c3cc(S(=O)(=O)NCCc4ccc(O)c(OC)c4)ccc3OCC)nn12. The van der Waals surface area contributed by atoms with Gasteiger partial charge in [-0.05, 0) is 62.6 Å². The largest absolute Gasteiger partial charge is 0.504 e. The van der Waals surface area contributed by atoms with Crippen LogP contribution in [0.2, 0.25) is 0 Å². The van der Waals surface area contributed by atoms with Crippen LogP contribution in [-0.4, -0.2) is 53.4 Å². The topological polar surface area (TPSA) is 148 Å². The van der Waals surface area contributed by atoms with Crippen LogP contribution in [0.3, 0.4) is 0 Å². The van der Waals surface area contributed by atoms with Crippen molar-refractivity contribution in [3.8, 4) is 28.6 Å². The Balaban J connectivity index is 1.67. The van der Waals surface area contributed by atoms with Crippen LogP contribution < -0.4 is 19.8 Å². The van der Waals surface area contributed by atoms with Gasteiger partial charge in [-0.3, -0.25) is 4.79 Å². The third-order valence-corrected chi connectivity index (χ3v) is 7.44. The summed E-state index contributed by atoms with van der Waals surface area (Å²) in [6.07, 6.45) is 1.84. The monoisotopic (exact) mass is 541 g/mol. The molecule has 0 saturated heterocycles. The zero-order valence-corrected chi connectivity index (χ0v) is 22.6. The number of rotatable bonds is 11. The number of phenols is 1. The van der Waals surface area contributed by atoms with E-state index < -0.39 is 10.0 Å². The van der Waals surface area contributed by atoms with Crippen LogP contribution in [0.25, 0.3) is 16.9 Å². The average molecular weight is 542 g/mol. The summed E-state index contributed by atoms with van der Waals surface area (Å²) in [6, 6.07) is 9.28. The van der Waals surface area contributed by atoms with Crippen molar-refractivity contribution >= 4 is 15.5 Å². The first-order valence-electron chi connectivity index (χ1n) is 12.3. The van der Waals surface area contributed by atoms with Crippen LogP contribution in [-0.2, 0) is 22.9 Å². The number of nitrogens with one attached hydrogen (secondary N) is 2. The van der Waals surface area contributed by atoms with E-state index in [9.17, 15) is 18.3 Å². The molecule has 4 rings (SSSR count). The molecule has 0 radical (unpaired) electrons. The Morgan fingerprint density at radius 3 is 2.61 bits per heavy atom. The number of benzene rings is 2. The second-order valence-electron chi connectivity index (χ2n) is 8.67. The van der Waals surface area contributed by atoms with Crippen molar-refractivity contribution in [2.45, 2.75) is 44.9 Å². The van der Waals surface area contributed by atoms with E-state index in [1.54, 1.807) is 25.1 Å². The van der Waals surface area contributed by atoms with Gasteiger partial charge in [-0.1, -0.05) is 13.0 Å². The van der Waals surface area contributed by atoms with Gasteiger partial charge < -0.3 is 19.6 Å². The lowest BCUT2D eigenvalue weighted by atomic mass is 10.1. The number of nitrogens with zero attached hydrogens (tertiary/aromatic N) is 3. The number of imidazole rings is 1. The fourth-order valence-corrected chi connectivity index (χ4v) is 5.23. The van der Waals surface area contributed by atoms with Crippen LogP contribution >= 0.6 is 0 Å². The number of hydrogen-bond donors (Lipinski definition) is 3. The Morgan fingerprint density at radius 2 is 1.89 bits per heavy atom. The number of sulfonamides is 1. The molecule has 11 nitrogen and oxygen atoms in total. The van der Waals surface area contributed by atoms with Gasteiger partial charge in [-0.2, -0.15) is 0 Å². The number of fused-ring (bicyclic) bond motifs is 1. The van der Waals surface area contributed by atoms with Crippen LogP contribution in [0.1, 0.15) is 37.4 Å². The fourth-order valence-electron chi connectivity index (χ4n) is 4.18. The first-order valence-corrected chi connectivity index (χ1v) is 13.8. The molecule has 0 unspecified atom stereocenters. The Bertz CT molecular complexity index is 1630. The number of ether oxygens (including phenoxy) is 2. The van der Waals surface area contributed by atoms with Crippen LogP contribution in [0.5, 0.6) is 17.2 Å². The fraction of sp³-hybridized carbons (Fsp3) is 0.346. The maximum Gasteiger partial charge on any atom is 0.277 e. The number of methoxy groups -OCH3 is 1. The van der Waals surface area contributed by atoms with Crippen molar-refractivity contribution in [1.29, 1.82) is 0 Å². The van der Waals surface area contributed by atoms with Crippen LogP contribution in [0.4, 0.5) is 0 Å². The van der Waals surface area contributed by atoms with E-state index >= 15 is 0 Å². The third-order valence-electron chi connectivity index (χ3n) is 5.98. The minimum atomic E-state index is -3.91. The highest BCUT2D eigenvalue weighted by atomic mass is 32.2. The number of aromatic hydroxyl groups is 1. The first-order chi connectivity index (χ1) is 18.2. The normalized spacial score (nSPS) is 11.7. The highest BCUT2D eigenvalue weighted by Crippen LogP contribution is 2.30. The molecule has 202 valence electrons. The molecule has 0 atom stereocenters. The predicted octanol–water partition coefficient (Wildman–Crippen LogP) is 2.98. The zero-order valence-electron chi connectivity index (χ0n) is 21.7. The molecule has 0 fully saturated rings. The lowest BCUT2D eigenvalue weighted by Crippen LogP contribution is -2.26. The number of hydrogen-bond acceptors (Lipinski definition) is 8. The van der Waals surface area contributed by atoms with Crippen molar-refractivity contribution in [2.24, 2.45) is 0 Å². The summed E-state index contributed by atoms with van der Waals surface area (Å²) in [6.45, 7) is 6.03.